The van der Waals surface area contributed by atoms with E-state index in [4.69, 9.17) is 10.7 Å². The fourth-order valence-electron chi connectivity index (χ4n) is 4.24. The lowest BCUT2D eigenvalue weighted by Crippen LogP contribution is -2.27. The number of aromatic nitrogens is 2. The van der Waals surface area contributed by atoms with Crippen molar-refractivity contribution in [2.45, 2.75) is 57.0 Å². The van der Waals surface area contributed by atoms with Crippen molar-refractivity contribution in [2.24, 2.45) is 5.73 Å². The Morgan fingerprint density at radius 2 is 2.05 bits per heavy atom. The van der Waals surface area contributed by atoms with E-state index in [0.29, 0.717) is 5.39 Å². The normalized spacial score (nSPS) is 20.7. The summed E-state index contributed by atoms with van der Waals surface area (Å²) < 4.78 is 2.80. The van der Waals surface area contributed by atoms with Crippen LogP contribution < -0.4 is 11.3 Å². The number of nitrogens with two attached hydrogens (primary N) is 1. The maximum Gasteiger partial charge on any atom is 0.261 e. The van der Waals surface area contributed by atoms with E-state index >= 15 is 0 Å². The van der Waals surface area contributed by atoms with Gasteiger partial charge < -0.3 is 5.73 Å². The molecule has 0 bridgehead atoms. The minimum atomic E-state index is -0.143. The number of nitrogens with zero attached hydrogens (tertiary/aromatic N) is 2. The summed E-state index contributed by atoms with van der Waals surface area (Å²) in [6.45, 7) is 2.75. The Hall–Kier alpha value is -1.20. The maximum atomic E-state index is 12.9. The first-order valence-corrected chi connectivity index (χ1v) is 8.81. The van der Waals surface area contributed by atoms with Gasteiger partial charge in [-0.15, -0.1) is 0 Å². The second-order valence-corrected chi connectivity index (χ2v) is 7.73. The number of halogens is 1. The van der Waals surface area contributed by atoms with Crippen LogP contribution in [0.1, 0.15) is 56.5 Å². The van der Waals surface area contributed by atoms with Gasteiger partial charge in [0.1, 0.15) is 5.82 Å². The van der Waals surface area contributed by atoms with Gasteiger partial charge in [0.15, 0.2) is 0 Å². The van der Waals surface area contributed by atoms with Crippen LogP contribution in [0.25, 0.3) is 10.9 Å². The van der Waals surface area contributed by atoms with Crippen molar-refractivity contribution >= 4 is 26.8 Å². The molecule has 0 saturated heterocycles. The number of fused-ring (bicyclic) bond motifs is 3. The van der Waals surface area contributed by atoms with Crippen LogP contribution >= 0.6 is 15.9 Å². The molecule has 1 atom stereocenters. The van der Waals surface area contributed by atoms with E-state index in [-0.39, 0.29) is 17.0 Å². The topological polar surface area (TPSA) is 60.9 Å². The molecule has 116 valence electrons. The summed E-state index contributed by atoms with van der Waals surface area (Å²) in [6.07, 6.45) is 5.87. The van der Waals surface area contributed by atoms with Crippen LogP contribution in [-0.2, 0) is 12.0 Å². The van der Waals surface area contributed by atoms with Crippen molar-refractivity contribution in [3.8, 4) is 0 Å². The van der Waals surface area contributed by atoms with Crippen LogP contribution in [0.15, 0.2) is 21.4 Å². The predicted molar refractivity (Wildman–Crippen MR) is 91.1 cm³/mol. The van der Waals surface area contributed by atoms with Gasteiger partial charge in [0.2, 0.25) is 0 Å². The molecule has 22 heavy (non-hydrogen) atoms. The van der Waals surface area contributed by atoms with Crippen LogP contribution in [0, 0.1) is 0 Å². The first-order valence-electron chi connectivity index (χ1n) is 8.02. The Morgan fingerprint density at radius 3 is 2.73 bits per heavy atom. The summed E-state index contributed by atoms with van der Waals surface area (Å²) in [5, 5.41) is 0.681. The summed E-state index contributed by atoms with van der Waals surface area (Å²) in [5.41, 5.74) is 8.09. The summed E-state index contributed by atoms with van der Waals surface area (Å²) in [4.78, 5) is 17.9. The van der Waals surface area contributed by atoms with Gasteiger partial charge in [0.05, 0.1) is 10.9 Å². The average Bonchev–Trinajstić information content (AvgIpc) is 3.09. The first kappa shape index (κ1) is 14.4. The van der Waals surface area contributed by atoms with Gasteiger partial charge in [-0.2, -0.15) is 0 Å². The largest absolute Gasteiger partial charge is 0.324 e. The molecule has 1 saturated carbocycles. The van der Waals surface area contributed by atoms with E-state index in [0.717, 1.165) is 47.2 Å². The highest BCUT2D eigenvalue weighted by molar-refractivity contribution is 9.10. The Labute approximate surface area is 137 Å². The van der Waals surface area contributed by atoms with E-state index in [2.05, 4.69) is 15.9 Å². The fourth-order valence-corrected chi connectivity index (χ4v) is 4.71. The minimum Gasteiger partial charge on any atom is -0.324 e. The zero-order valence-electron chi connectivity index (χ0n) is 12.7. The first-order chi connectivity index (χ1) is 10.5. The molecule has 2 aromatic rings. The third kappa shape index (κ3) is 1.91. The van der Waals surface area contributed by atoms with Crippen LogP contribution in [0.2, 0.25) is 0 Å². The highest BCUT2D eigenvalue weighted by Crippen LogP contribution is 2.46. The van der Waals surface area contributed by atoms with Crippen LogP contribution in [0.4, 0.5) is 0 Å². The quantitative estimate of drug-likeness (QED) is 0.846. The lowest BCUT2D eigenvalue weighted by atomic mass is 9.84. The molecule has 1 aliphatic heterocycles. The average molecular weight is 362 g/mol. The van der Waals surface area contributed by atoms with Crippen molar-refractivity contribution in [3.63, 3.8) is 0 Å². The Balaban J connectivity index is 2.07. The molecule has 1 spiro atoms. The summed E-state index contributed by atoms with van der Waals surface area (Å²) >= 11 is 3.49. The molecule has 0 radical (unpaired) electrons. The molecule has 1 fully saturated rings. The number of benzene rings is 1. The smallest absolute Gasteiger partial charge is 0.261 e. The van der Waals surface area contributed by atoms with Crippen LogP contribution in [0.5, 0.6) is 0 Å². The van der Waals surface area contributed by atoms with Crippen molar-refractivity contribution in [2.75, 3.05) is 0 Å². The van der Waals surface area contributed by atoms with Crippen molar-refractivity contribution < 1.29 is 0 Å². The molecular weight excluding hydrogens is 342 g/mol. The fraction of sp³-hybridized carbons (Fsp3) is 0.529. The standard InChI is InChI=1S/C17H20BrN3O/c1-10(19)12-8-11(18)9-13-14(12)20-16-17(4-2-3-5-17)6-7-21(16)15(13)22/h8-10H,2-7,19H2,1H3/t10-/m1/s1. The Morgan fingerprint density at radius 1 is 1.32 bits per heavy atom. The Bertz CT molecular complexity index is 819. The molecule has 5 heteroatoms. The van der Waals surface area contributed by atoms with E-state index in [1.807, 2.05) is 23.6 Å². The van der Waals surface area contributed by atoms with Crippen LogP contribution in [0.3, 0.4) is 0 Å². The van der Waals surface area contributed by atoms with Crippen LogP contribution in [-0.4, -0.2) is 9.55 Å². The van der Waals surface area contributed by atoms with E-state index in [1.165, 1.54) is 12.8 Å². The number of rotatable bonds is 1. The van der Waals surface area contributed by atoms with Gasteiger partial charge in [-0.3, -0.25) is 9.36 Å². The van der Waals surface area contributed by atoms with Crippen molar-refractivity contribution in [3.05, 3.63) is 38.3 Å². The van der Waals surface area contributed by atoms with Crippen molar-refractivity contribution in [1.29, 1.82) is 0 Å². The molecule has 4 nitrogen and oxygen atoms in total. The minimum absolute atomic E-state index is 0.0898. The van der Waals surface area contributed by atoms with Gasteiger partial charge in [0, 0.05) is 22.5 Å². The zero-order chi connectivity index (χ0) is 15.5. The maximum absolute atomic E-state index is 12.9. The third-order valence-corrected chi connectivity index (χ3v) is 5.85. The summed E-state index contributed by atoms with van der Waals surface area (Å²) in [5.74, 6) is 1.01. The SMILES string of the molecule is C[C@@H](N)c1cc(Br)cc2c(=O)n3c(nc12)C1(CCCC1)CC3. The van der Waals surface area contributed by atoms with E-state index < -0.39 is 0 Å². The molecule has 1 aromatic carbocycles. The molecule has 2 aliphatic rings. The highest BCUT2D eigenvalue weighted by atomic mass is 79.9. The van der Waals surface area contributed by atoms with E-state index in [9.17, 15) is 4.79 Å². The zero-order valence-corrected chi connectivity index (χ0v) is 14.3. The molecule has 2 heterocycles. The molecular formula is C17H20BrN3O. The summed E-state index contributed by atoms with van der Waals surface area (Å²) in [6, 6.07) is 3.73. The van der Waals surface area contributed by atoms with Gasteiger partial charge in [0.25, 0.3) is 5.56 Å². The molecule has 1 aliphatic carbocycles. The van der Waals surface area contributed by atoms with E-state index in [1.54, 1.807) is 0 Å². The van der Waals surface area contributed by atoms with Gasteiger partial charge in [-0.1, -0.05) is 28.8 Å². The van der Waals surface area contributed by atoms with Crippen molar-refractivity contribution in [1.82, 2.24) is 9.55 Å². The molecule has 1 aromatic heterocycles. The second kappa shape index (κ2) is 4.90. The molecule has 0 unspecified atom stereocenters. The lowest BCUT2D eigenvalue weighted by Gasteiger charge is -2.22. The van der Waals surface area contributed by atoms with Gasteiger partial charge in [-0.25, -0.2) is 4.98 Å². The number of hydrogen-bond acceptors (Lipinski definition) is 3. The third-order valence-electron chi connectivity index (χ3n) is 5.39. The predicted octanol–water partition coefficient (Wildman–Crippen LogP) is 3.39. The van der Waals surface area contributed by atoms with Gasteiger partial charge in [-0.05, 0) is 43.9 Å². The Kier molecular flexibility index (Phi) is 3.20. The molecule has 4 rings (SSSR count). The lowest BCUT2D eigenvalue weighted by molar-refractivity contribution is 0.429. The number of hydrogen-bond donors (Lipinski definition) is 1. The monoisotopic (exact) mass is 361 g/mol. The second-order valence-electron chi connectivity index (χ2n) is 6.81. The highest BCUT2D eigenvalue weighted by Gasteiger charge is 2.43. The summed E-state index contributed by atoms with van der Waals surface area (Å²) in [7, 11) is 0. The molecule has 0 amide bonds. The van der Waals surface area contributed by atoms with Gasteiger partial charge >= 0.3 is 0 Å². The molecule has 2 N–H and O–H groups in total.